The van der Waals surface area contributed by atoms with Gasteiger partial charge in [-0.05, 0) is 73.2 Å². The van der Waals surface area contributed by atoms with Crippen molar-refractivity contribution in [1.29, 1.82) is 0 Å². The molecule has 4 rings (SSSR count). The van der Waals surface area contributed by atoms with E-state index in [1.807, 2.05) is 37.3 Å². The summed E-state index contributed by atoms with van der Waals surface area (Å²) in [5.41, 5.74) is 4.13. The molecule has 11 heteroatoms. The summed E-state index contributed by atoms with van der Waals surface area (Å²) in [4.78, 5) is 50.4. The van der Waals surface area contributed by atoms with Gasteiger partial charge in [-0.2, -0.15) is 5.10 Å². The van der Waals surface area contributed by atoms with Crippen LogP contribution in [-0.2, 0) is 14.4 Å². The molecule has 44 heavy (non-hydrogen) atoms. The Kier molecular flexibility index (Phi) is 11.1. The number of nitrogens with one attached hydrogen (secondary N) is 3. The second-order valence-electron chi connectivity index (χ2n) is 8.96. The molecule has 4 aromatic carbocycles. The predicted molar refractivity (Wildman–Crippen MR) is 172 cm³/mol. The maximum atomic E-state index is 12.9. The second kappa shape index (κ2) is 15.6. The molecule has 222 valence electrons. The maximum absolute atomic E-state index is 12.9. The third kappa shape index (κ3) is 9.23. The van der Waals surface area contributed by atoms with Gasteiger partial charge < -0.3 is 20.1 Å². The molecule has 0 aliphatic heterocycles. The SMILES string of the molecule is CCOc1ccc(NC(=O)c2ccccc2NC(=O)C(=O)N/N=C\c2cc(Br)ccc2OC(=O)/C=C/c2ccccc2)cc1. The molecule has 4 aromatic rings. The summed E-state index contributed by atoms with van der Waals surface area (Å²) in [6.07, 6.45) is 4.15. The van der Waals surface area contributed by atoms with Crippen molar-refractivity contribution in [3.63, 3.8) is 0 Å². The van der Waals surface area contributed by atoms with Crippen LogP contribution in [-0.4, -0.2) is 36.5 Å². The number of ether oxygens (including phenoxy) is 2. The number of carbonyl (C=O) groups excluding carboxylic acids is 4. The van der Waals surface area contributed by atoms with Gasteiger partial charge in [-0.3, -0.25) is 14.4 Å². The Hall–Kier alpha value is -5.55. The Bertz CT molecular complexity index is 1710. The van der Waals surface area contributed by atoms with Crippen LogP contribution in [0.5, 0.6) is 11.5 Å². The number of benzene rings is 4. The average molecular weight is 656 g/mol. The lowest BCUT2D eigenvalue weighted by Gasteiger charge is -2.11. The second-order valence-corrected chi connectivity index (χ2v) is 9.87. The smallest absolute Gasteiger partial charge is 0.336 e. The number of para-hydroxylation sites is 1. The van der Waals surface area contributed by atoms with Crippen LogP contribution < -0.4 is 25.5 Å². The van der Waals surface area contributed by atoms with Crippen LogP contribution in [0.3, 0.4) is 0 Å². The van der Waals surface area contributed by atoms with Crippen molar-refractivity contribution < 1.29 is 28.7 Å². The van der Waals surface area contributed by atoms with E-state index in [4.69, 9.17) is 9.47 Å². The zero-order valence-corrected chi connectivity index (χ0v) is 25.0. The number of hydrazone groups is 1. The van der Waals surface area contributed by atoms with E-state index < -0.39 is 23.7 Å². The summed E-state index contributed by atoms with van der Waals surface area (Å²) in [5.74, 6) is -2.37. The highest BCUT2D eigenvalue weighted by atomic mass is 79.9. The first-order chi connectivity index (χ1) is 21.3. The Morgan fingerprint density at radius 3 is 2.32 bits per heavy atom. The van der Waals surface area contributed by atoms with Crippen molar-refractivity contribution in [2.24, 2.45) is 5.10 Å². The number of anilines is 2. The Morgan fingerprint density at radius 2 is 1.57 bits per heavy atom. The number of nitrogens with zero attached hydrogens (tertiary/aromatic N) is 1. The lowest BCUT2D eigenvalue weighted by Crippen LogP contribution is -2.33. The first-order valence-corrected chi connectivity index (χ1v) is 14.1. The molecule has 3 N–H and O–H groups in total. The summed E-state index contributed by atoms with van der Waals surface area (Å²) >= 11 is 3.35. The van der Waals surface area contributed by atoms with Crippen molar-refractivity contribution in [2.45, 2.75) is 6.92 Å². The van der Waals surface area contributed by atoms with E-state index >= 15 is 0 Å². The third-order valence-corrected chi connectivity index (χ3v) is 6.31. The highest BCUT2D eigenvalue weighted by Gasteiger charge is 2.18. The molecule has 10 nitrogen and oxygen atoms in total. The molecule has 0 saturated heterocycles. The van der Waals surface area contributed by atoms with E-state index in [1.165, 1.54) is 24.4 Å². The van der Waals surface area contributed by atoms with Gasteiger partial charge in [0.2, 0.25) is 0 Å². The first kappa shape index (κ1) is 31.4. The van der Waals surface area contributed by atoms with E-state index in [9.17, 15) is 19.2 Å². The minimum atomic E-state index is -1.08. The normalized spacial score (nSPS) is 10.8. The number of hydrogen-bond acceptors (Lipinski definition) is 7. The van der Waals surface area contributed by atoms with Crippen molar-refractivity contribution >= 4 is 63.3 Å². The molecule has 0 saturated carbocycles. The van der Waals surface area contributed by atoms with Crippen LogP contribution in [0.15, 0.2) is 113 Å². The van der Waals surface area contributed by atoms with Gasteiger partial charge in [0, 0.05) is 21.8 Å². The van der Waals surface area contributed by atoms with Crippen LogP contribution >= 0.6 is 15.9 Å². The fourth-order valence-corrected chi connectivity index (χ4v) is 4.14. The van der Waals surface area contributed by atoms with Crippen LogP contribution in [0.2, 0.25) is 0 Å². The molecule has 0 bridgehead atoms. The molecule has 0 spiro atoms. The van der Waals surface area contributed by atoms with Crippen molar-refractivity contribution in [1.82, 2.24) is 5.43 Å². The molecule has 0 aliphatic rings. The molecule has 3 amide bonds. The summed E-state index contributed by atoms with van der Waals surface area (Å²) < 4.78 is 11.5. The van der Waals surface area contributed by atoms with Crippen molar-refractivity contribution in [3.8, 4) is 11.5 Å². The third-order valence-electron chi connectivity index (χ3n) is 5.81. The monoisotopic (exact) mass is 654 g/mol. The van der Waals surface area contributed by atoms with Gasteiger partial charge in [-0.25, -0.2) is 10.2 Å². The lowest BCUT2D eigenvalue weighted by atomic mass is 10.1. The summed E-state index contributed by atoms with van der Waals surface area (Å²) in [6, 6.07) is 27.2. The van der Waals surface area contributed by atoms with Gasteiger partial charge in [-0.1, -0.05) is 58.4 Å². The van der Waals surface area contributed by atoms with Crippen LogP contribution in [0.4, 0.5) is 11.4 Å². The predicted octanol–water partition coefficient (Wildman–Crippen LogP) is 5.81. The van der Waals surface area contributed by atoms with Gasteiger partial charge in [0.25, 0.3) is 5.91 Å². The maximum Gasteiger partial charge on any atom is 0.336 e. The minimum Gasteiger partial charge on any atom is -0.494 e. The number of hydrogen-bond donors (Lipinski definition) is 3. The molecule has 0 atom stereocenters. The molecule has 0 heterocycles. The number of amides is 3. The molecular weight excluding hydrogens is 628 g/mol. The fraction of sp³-hybridized carbons (Fsp3) is 0.0606. The molecule has 0 aliphatic carbocycles. The number of rotatable bonds is 10. The van der Waals surface area contributed by atoms with Gasteiger partial charge >= 0.3 is 17.8 Å². The molecule has 0 aromatic heterocycles. The fourth-order valence-electron chi connectivity index (χ4n) is 3.76. The summed E-state index contributed by atoms with van der Waals surface area (Å²) in [7, 11) is 0. The van der Waals surface area contributed by atoms with E-state index in [0.29, 0.717) is 28.1 Å². The standard InChI is InChI=1S/C33H27BrN4O6/c1-2-43-26-16-14-25(15-17-26)36-31(40)27-10-6-7-11-28(27)37-32(41)33(42)38-35-21-23-20-24(34)13-18-29(23)44-30(39)19-12-22-8-4-3-5-9-22/h3-21H,2H2,1H3,(H,36,40)(H,37,41)(H,38,42)/b19-12+,35-21-. The topological polar surface area (TPSA) is 135 Å². The van der Waals surface area contributed by atoms with Crippen LogP contribution in [0.25, 0.3) is 6.08 Å². The van der Waals surface area contributed by atoms with Gasteiger partial charge in [0.15, 0.2) is 0 Å². The number of carbonyl (C=O) groups is 4. The average Bonchev–Trinajstić information content (AvgIpc) is 3.03. The summed E-state index contributed by atoms with van der Waals surface area (Å²) in [6.45, 7) is 2.39. The van der Waals surface area contributed by atoms with E-state index in [1.54, 1.807) is 60.7 Å². The number of esters is 1. The zero-order chi connectivity index (χ0) is 31.3. The minimum absolute atomic E-state index is 0.129. The van der Waals surface area contributed by atoms with E-state index in [-0.39, 0.29) is 17.0 Å². The Labute approximate surface area is 261 Å². The highest BCUT2D eigenvalue weighted by molar-refractivity contribution is 9.10. The largest absolute Gasteiger partial charge is 0.494 e. The van der Waals surface area contributed by atoms with Crippen molar-refractivity contribution in [2.75, 3.05) is 17.2 Å². The molecule has 0 fully saturated rings. The quantitative estimate of drug-likeness (QED) is 0.0493. The van der Waals surface area contributed by atoms with Gasteiger partial charge in [0.05, 0.1) is 24.1 Å². The molecule has 0 unspecified atom stereocenters. The molecular formula is C33H27BrN4O6. The highest BCUT2D eigenvalue weighted by Crippen LogP contribution is 2.23. The van der Waals surface area contributed by atoms with Crippen LogP contribution in [0.1, 0.15) is 28.4 Å². The number of halogens is 1. The zero-order valence-electron chi connectivity index (χ0n) is 23.5. The summed E-state index contributed by atoms with van der Waals surface area (Å²) in [5, 5.41) is 9.02. The van der Waals surface area contributed by atoms with E-state index in [2.05, 4.69) is 37.1 Å². The van der Waals surface area contributed by atoms with Gasteiger partial charge in [-0.15, -0.1) is 0 Å². The Morgan fingerprint density at radius 1 is 0.841 bits per heavy atom. The first-order valence-electron chi connectivity index (χ1n) is 13.3. The van der Waals surface area contributed by atoms with E-state index in [0.717, 1.165) is 5.56 Å². The lowest BCUT2D eigenvalue weighted by molar-refractivity contribution is -0.136. The molecule has 0 radical (unpaired) electrons. The Balaban J connectivity index is 1.36. The van der Waals surface area contributed by atoms with Gasteiger partial charge in [0.1, 0.15) is 11.5 Å². The van der Waals surface area contributed by atoms with Crippen molar-refractivity contribution in [3.05, 3.63) is 124 Å². The van der Waals surface area contributed by atoms with Crippen LogP contribution in [0, 0.1) is 0 Å².